The molecule has 16 heavy (non-hydrogen) atoms. The minimum Gasteiger partial charge on any atom is -0.497 e. The minimum absolute atomic E-state index is 0.542. The first-order valence-corrected chi connectivity index (χ1v) is 6.06. The van der Waals surface area contributed by atoms with Crippen molar-refractivity contribution in [1.82, 2.24) is 0 Å². The fourth-order valence-corrected chi connectivity index (χ4v) is 2.14. The summed E-state index contributed by atoms with van der Waals surface area (Å²) in [5.74, 6) is 0.896. The summed E-state index contributed by atoms with van der Waals surface area (Å²) in [4.78, 5) is 4.65. The van der Waals surface area contributed by atoms with Crippen LogP contribution in [0.25, 0.3) is 0 Å². The van der Waals surface area contributed by atoms with Crippen LogP contribution in [0, 0.1) is 0 Å². The highest BCUT2D eigenvalue weighted by Crippen LogP contribution is 2.20. The number of aliphatic imine (C=N–C) groups is 1. The predicted octanol–water partition coefficient (Wildman–Crippen LogP) is 3.45. The Kier molecular flexibility index (Phi) is 3.97. The van der Waals surface area contributed by atoms with Gasteiger partial charge in [0, 0.05) is 12.3 Å². The van der Waals surface area contributed by atoms with Crippen LogP contribution in [0.2, 0.25) is 0 Å². The molecule has 1 saturated carbocycles. The van der Waals surface area contributed by atoms with E-state index >= 15 is 0 Å². The van der Waals surface area contributed by atoms with E-state index in [1.54, 1.807) is 7.11 Å². The molecule has 1 aromatic rings. The average molecular weight is 217 g/mol. The second kappa shape index (κ2) is 5.69. The zero-order valence-electron chi connectivity index (χ0n) is 9.86. The summed E-state index contributed by atoms with van der Waals surface area (Å²) >= 11 is 0. The Morgan fingerprint density at radius 1 is 1.25 bits per heavy atom. The van der Waals surface area contributed by atoms with Gasteiger partial charge < -0.3 is 4.74 Å². The zero-order chi connectivity index (χ0) is 11.2. The highest BCUT2D eigenvalue weighted by Gasteiger charge is 2.10. The SMILES string of the molecule is COc1cccc(/C=N/C2CCCCC2)c1. The van der Waals surface area contributed by atoms with Crippen LogP contribution in [0.15, 0.2) is 29.3 Å². The van der Waals surface area contributed by atoms with Gasteiger partial charge in [-0.1, -0.05) is 31.4 Å². The van der Waals surface area contributed by atoms with E-state index in [1.165, 1.54) is 32.1 Å². The van der Waals surface area contributed by atoms with Crippen molar-refractivity contribution in [3.8, 4) is 5.75 Å². The third kappa shape index (κ3) is 3.09. The molecular weight excluding hydrogens is 198 g/mol. The van der Waals surface area contributed by atoms with Crippen molar-refractivity contribution in [1.29, 1.82) is 0 Å². The first-order chi connectivity index (χ1) is 7.88. The van der Waals surface area contributed by atoms with Crippen molar-refractivity contribution in [3.05, 3.63) is 29.8 Å². The summed E-state index contributed by atoms with van der Waals surface area (Å²) in [7, 11) is 1.69. The molecule has 0 N–H and O–H groups in total. The molecular formula is C14H19NO. The van der Waals surface area contributed by atoms with Gasteiger partial charge in [0.05, 0.1) is 7.11 Å². The van der Waals surface area contributed by atoms with Gasteiger partial charge in [-0.2, -0.15) is 0 Å². The number of nitrogens with zero attached hydrogens (tertiary/aromatic N) is 1. The number of benzene rings is 1. The van der Waals surface area contributed by atoms with Crippen molar-refractivity contribution in [2.24, 2.45) is 4.99 Å². The second-order valence-electron chi connectivity index (χ2n) is 4.35. The first-order valence-electron chi connectivity index (χ1n) is 6.06. The Hall–Kier alpha value is -1.31. The topological polar surface area (TPSA) is 21.6 Å². The highest BCUT2D eigenvalue weighted by molar-refractivity contribution is 5.80. The van der Waals surface area contributed by atoms with Gasteiger partial charge in [-0.05, 0) is 30.5 Å². The third-order valence-electron chi connectivity index (χ3n) is 3.10. The fraction of sp³-hybridized carbons (Fsp3) is 0.500. The molecule has 0 radical (unpaired) electrons. The van der Waals surface area contributed by atoms with Gasteiger partial charge >= 0.3 is 0 Å². The first kappa shape index (κ1) is 11.2. The third-order valence-corrected chi connectivity index (χ3v) is 3.10. The second-order valence-corrected chi connectivity index (χ2v) is 4.35. The van der Waals surface area contributed by atoms with Crippen LogP contribution in [0.5, 0.6) is 5.75 Å². The van der Waals surface area contributed by atoms with Crippen LogP contribution in [-0.2, 0) is 0 Å². The van der Waals surface area contributed by atoms with Crippen molar-refractivity contribution < 1.29 is 4.74 Å². The van der Waals surface area contributed by atoms with E-state index in [-0.39, 0.29) is 0 Å². The molecule has 1 aliphatic carbocycles. The summed E-state index contributed by atoms with van der Waals surface area (Å²) in [5.41, 5.74) is 1.13. The smallest absolute Gasteiger partial charge is 0.119 e. The van der Waals surface area contributed by atoms with Crippen molar-refractivity contribution >= 4 is 6.21 Å². The molecule has 0 amide bonds. The van der Waals surface area contributed by atoms with Crippen LogP contribution in [0.4, 0.5) is 0 Å². The van der Waals surface area contributed by atoms with Gasteiger partial charge in [-0.15, -0.1) is 0 Å². The average Bonchev–Trinajstić information content (AvgIpc) is 2.38. The van der Waals surface area contributed by atoms with E-state index in [0.717, 1.165) is 11.3 Å². The highest BCUT2D eigenvalue weighted by atomic mass is 16.5. The van der Waals surface area contributed by atoms with E-state index < -0.39 is 0 Å². The fourth-order valence-electron chi connectivity index (χ4n) is 2.14. The largest absolute Gasteiger partial charge is 0.497 e. The van der Waals surface area contributed by atoms with E-state index in [1.807, 2.05) is 24.4 Å². The molecule has 0 aromatic heterocycles. The van der Waals surface area contributed by atoms with Gasteiger partial charge in [0.1, 0.15) is 5.75 Å². The molecule has 2 heteroatoms. The monoisotopic (exact) mass is 217 g/mol. The number of ether oxygens (including phenoxy) is 1. The molecule has 0 saturated heterocycles. The summed E-state index contributed by atoms with van der Waals surface area (Å²) in [6.45, 7) is 0. The molecule has 1 fully saturated rings. The maximum Gasteiger partial charge on any atom is 0.119 e. The molecule has 86 valence electrons. The molecule has 0 bridgehead atoms. The Morgan fingerprint density at radius 2 is 2.06 bits per heavy atom. The number of hydrogen-bond donors (Lipinski definition) is 0. The van der Waals surface area contributed by atoms with E-state index in [0.29, 0.717) is 6.04 Å². The number of hydrogen-bond acceptors (Lipinski definition) is 2. The maximum atomic E-state index is 5.18. The molecule has 1 aliphatic rings. The lowest BCUT2D eigenvalue weighted by Crippen LogP contribution is -2.09. The summed E-state index contributed by atoms with van der Waals surface area (Å²) in [6, 6.07) is 8.58. The van der Waals surface area contributed by atoms with Crippen molar-refractivity contribution in [2.75, 3.05) is 7.11 Å². The quantitative estimate of drug-likeness (QED) is 0.711. The maximum absolute atomic E-state index is 5.18. The molecule has 0 unspecified atom stereocenters. The van der Waals surface area contributed by atoms with E-state index in [4.69, 9.17) is 4.74 Å². The minimum atomic E-state index is 0.542. The molecule has 0 atom stereocenters. The Bertz CT molecular complexity index is 354. The van der Waals surface area contributed by atoms with Gasteiger partial charge in [-0.25, -0.2) is 0 Å². The lowest BCUT2D eigenvalue weighted by atomic mass is 9.96. The Labute approximate surface area is 97.4 Å². The van der Waals surface area contributed by atoms with Crippen LogP contribution in [0.3, 0.4) is 0 Å². The zero-order valence-corrected chi connectivity index (χ0v) is 9.86. The molecule has 0 heterocycles. The summed E-state index contributed by atoms with van der Waals surface area (Å²) in [5, 5.41) is 0. The lowest BCUT2D eigenvalue weighted by Gasteiger charge is -2.17. The molecule has 2 nitrogen and oxygen atoms in total. The van der Waals surface area contributed by atoms with Gasteiger partial charge in [0.2, 0.25) is 0 Å². The van der Waals surface area contributed by atoms with Gasteiger partial charge in [0.15, 0.2) is 0 Å². The molecule has 1 aromatic carbocycles. The number of rotatable bonds is 3. The van der Waals surface area contributed by atoms with Gasteiger partial charge in [-0.3, -0.25) is 4.99 Å². The summed E-state index contributed by atoms with van der Waals surface area (Å²) < 4.78 is 5.18. The number of methoxy groups -OCH3 is 1. The van der Waals surface area contributed by atoms with Crippen LogP contribution in [0.1, 0.15) is 37.7 Å². The normalized spacial score (nSPS) is 17.8. The molecule has 0 spiro atoms. The Balaban J connectivity index is 1.98. The lowest BCUT2D eigenvalue weighted by molar-refractivity contribution is 0.414. The summed E-state index contributed by atoms with van der Waals surface area (Å²) in [6.07, 6.45) is 8.53. The van der Waals surface area contributed by atoms with E-state index in [2.05, 4.69) is 11.1 Å². The molecule has 2 rings (SSSR count). The Morgan fingerprint density at radius 3 is 2.81 bits per heavy atom. The predicted molar refractivity (Wildman–Crippen MR) is 67.5 cm³/mol. The molecule has 0 aliphatic heterocycles. The van der Waals surface area contributed by atoms with Crippen LogP contribution >= 0.6 is 0 Å². The van der Waals surface area contributed by atoms with Crippen LogP contribution in [-0.4, -0.2) is 19.4 Å². The van der Waals surface area contributed by atoms with E-state index in [9.17, 15) is 0 Å². The van der Waals surface area contributed by atoms with Crippen molar-refractivity contribution in [2.45, 2.75) is 38.1 Å². The van der Waals surface area contributed by atoms with Gasteiger partial charge in [0.25, 0.3) is 0 Å². The van der Waals surface area contributed by atoms with Crippen LogP contribution < -0.4 is 4.74 Å². The van der Waals surface area contributed by atoms with Crippen molar-refractivity contribution in [3.63, 3.8) is 0 Å². The standard InChI is InChI=1S/C14H19NO/c1-16-14-9-5-6-12(10-14)11-15-13-7-3-2-4-8-13/h5-6,9-11,13H,2-4,7-8H2,1H3/b15-11+.